The van der Waals surface area contributed by atoms with E-state index in [2.05, 4.69) is 49.9 Å². The van der Waals surface area contributed by atoms with E-state index in [4.69, 9.17) is 0 Å². The molecule has 0 N–H and O–H groups in total. The molecule has 162 valence electrons. The molecule has 0 saturated heterocycles. The summed E-state index contributed by atoms with van der Waals surface area (Å²) in [5, 5.41) is 5.72. The summed E-state index contributed by atoms with van der Waals surface area (Å²) >= 11 is 7.82. The van der Waals surface area contributed by atoms with E-state index in [1.165, 1.54) is 99.6 Å². The maximum atomic E-state index is 3.96. The molecule has 0 aliphatic heterocycles. The molecule has 0 nitrogen and oxygen atoms in total. The van der Waals surface area contributed by atoms with Gasteiger partial charge in [-0.1, -0.05) is 63.8 Å². The molecule has 0 radical (unpaired) electrons. The molecular weight excluding hydrogens is 465 g/mol. The quantitative estimate of drug-likeness (QED) is 0.186. The highest BCUT2D eigenvalue weighted by atomic mass is 32.1. The van der Waals surface area contributed by atoms with Crippen LogP contribution in [0, 0.1) is 0 Å². The minimum absolute atomic E-state index is 1.23. The van der Waals surface area contributed by atoms with Crippen molar-refractivity contribution in [1.82, 2.24) is 0 Å². The largest absolute Gasteiger partial charge is 0.140 e. The van der Waals surface area contributed by atoms with Crippen LogP contribution in [0.4, 0.5) is 0 Å². The third-order valence-electron chi connectivity index (χ3n) is 6.45. The molecule has 2 aromatic carbocycles. The van der Waals surface area contributed by atoms with Gasteiger partial charge in [0.05, 0.1) is 9.40 Å². The summed E-state index contributed by atoms with van der Waals surface area (Å²) in [4.78, 5) is 2.81. The Bertz CT molecular complexity index is 1580. The molecular formula is C28H26S4. The lowest BCUT2D eigenvalue weighted by Crippen LogP contribution is -1.82. The first-order valence-electron chi connectivity index (χ1n) is 11.6. The van der Waals surface area contributed by atoms with Crippen molar-refractivity contribution in [1.29, 1.82) is 0 Å². The molecule has 4 heteroatoms. The normalized spacial score (nSPS) is 12.3. The molecule has 32 heavy (non-hydrogen) atoms. The van der Waals surface area contributed by atoms with Gasteiger partial charge in [-0.3, -0.25) is 0 Å². The number of fused-ring (bicyclic) bond motifs is 9. The molecule has 0 unspecified atom stereocenters. The topological polar surface area (TPSA) is 0 Å². The van der Waals surface area contributed by atoms with Gasteiger partial charge in [-0.2, -0.15) is 0 Å². The lowest BCUT2D eigenvalue weighted by Gasteiger charge is -1.98. The monoisotopic (exact) mass is 490 g/mol. The Morgan fingerprint density at radius 1 is 0.656 bits per heavy atom. The number of rotatable bonds is 8. The van der Waals surface area contributed by atoms with Crippen LogP contribution < -0.4 is 0 Å². The van der Waals surface area contributed by atoms with Gasteiger partial charge in [-0.25, -0.2) is 0 Å². The van der Waals surface area contributed by atoms with Crippen LogP contribution in [0.1, 0.15) is 55.2 Å². The number of hydrogen-bond acceptors (Lipinski definition) is 4. The van der Waals surface area contributed by atoms with Gasteiger partial charge in [0.15, 0.2) is 0 Å². The molecule has 0 aliphatic carbocycles. The van der Waals surface area contributed by atoms with Crippen LogP contribution >= 0.6 is 45.3 Å². The van der Waals surface area contributed by atoms with Crippen molar-refractivity contribution in [2.45, 2.75) is 51.9 Å². The molecule has 0 atom stereocenters. The second-order valence-corrected chi connectivity index (χ2v) is 13.0. The number of hydrogen-bond donors (Lipinski definition) is 0. The van der Waals surface area contributed by atoms with Crippen LogP contribution in [0.25, 0.3) is 55.8 Å². The van der Waals surface area contributed by atoms with E-state index in [1.807, 2.05) is 51.4 Å². The Hall–Kier alpha value is -1.72. The van der Waals surface area contributed by atoms with Crippen LogP contribution in [-0.2, 0) is 6.42 Å². The Kier molecular flexibility index (Phi) is 5.58. The lowest BCUT2D eigenvalue weighted by atomic mass is 10.1. The lowest BCUT2D eigenvalue weighted by molar-refractivity contribution is 0.609. The Balaban J connectivity index is 1.39. The summed E-state index contributed by atoms with van der Waals surface area (Å²) in [7, 11) is 0. The van der Waals surface area contributed by atoms with Crippen LogP contribution in [-0.4, -0.2) is 0 Å². The summed E-state index contributed by atoms with van der Waals surface area (Å²) < 4.78 is 8.66. The highest BCUT2D eigenvalue weighted by Crippen LogP contribution is 2.49. The number of unbranched alkanes of at least 4 members (excludes halogenated alkanes) is 5. The van der Waals surface area contributed by atoms with Crippen molar-refractivity contribution in [2.24, 2.45) is 0 Å². The first-order valence-corrected chi connectivity index (χ1v) is 14.9. The average molecular weight is 491 g/mol. The summed E-state index contributed by atoms with van der Waals surface area (Å²) in [5.74, 6) is 0. The van der Waals surface area contributed by atoms with Gasteiger partial charge in [0.2, 0.25) is 0 Å². The summed E-state index contributed by atoms with van der Waals surface area (Å²) in [5.41, 5.74) is 0. The molecule has 0 aliphatic rings. The van der Waals surface area contributed by atoms with Gasteiger partial charge >= 0.3 is 0 Å². The molecule has 4 heterocycles. The van der Waals surface area contributed by atoms with Crippen molar-refractivity contribution in [3.05, 3.63) is 52.7 Å². The summed E-state index contributed by atoms with van der Waals surface area (Å²) in [6, 6.07) is 14.2. The van der Waals surface area contributed by atoms with Gasteiger partial charge in [-0.15, -0.1) is 45.3 Å². The van der Waals surface area contributed by atoms with E-state index in [0.29, 0.717) is 0 Å². The van der Waals surface area contributed by atoms with E-state index >= 15 is 0 Å². The van der Waals surface area contributed by atoms with Crippen molar-refractivity contribution in [2.75, 3.05) is 0 Å². The molecule has 4 aromatic heterocycles. The molecule has 0 saturated carbocycles. The van der Waals surface area contributed by atoms with Crippen LogP contribution in [0.2, 0.25) is 0 Å². The zero-order valence-corrected chi connectivity index (χ0v) is 21.6. The van der Waals surface area contributed by atoms with E-state index in [1.54, 1.807) is 4.88 Å². The highest BCUT2D eigenvalue weighted by Gasteiger charge is 2.17. The maximum absolute atomic E-state index is 3.96. The number of aryl methyl sites for hydroxylation is 1. The van der Waals surface area contributed by atoms with Crippen LogP contribution in [0.5, 0.6) is 0 Å². The SMILES string of the molecule is C=Cc1cc2c(ccc3c2sc2c4ccc5sc(CCCCCCCC)cc5c4sc32)s1. The molecule has 6 aromatic rings. The predicted octanol–water partition coefficient (Wildman–Crippen LogP) is 11.2. The van der Waals surface area contributed by atoms with Crippen molar-refractivity contribution in [3.8, 4) is 0 Å². The molecule has 0 bridgehead atoms. The van der Waals surface area contributed by atoms with Gasteiger partial charge in [-0.05, 0) is 37.1 Å². The fraction of sp³-hybridized carbons (Fsp3) is 0.286. The Labute approximate surface area is 204 Å². The molecule has 0 amide bonds. The molecule has 0 spiro atoms. The van der Waals surface area contributed by atoms with E-state index in [9.17, 15) is 0 Å². The predicted molar refractivity (Wildman–Crippen MR) is 153 cm³/mol. The van der Waals surface area contributed by atoms with Crippen molar-refractivity contribution < 1.29 is 0 Å². The zero-order chi connectivity index (χ0) is 21.7. The zero-order valence-electron chi connectivity index (χ0n) is 18.3. The first-order chi connectivity index (χ1) is 15.8. The molecule has 6 rings (SSSR count). The fourth-order valence-electron chi connectivity index (χ4n) is 4.78. The minimum Gasteiger partial charge on any atom is -0.140 e. The molecule has 0 fully saturated rings. The second kappa shape index (κ2) is 8.57. The smallest absolute Gasteiger partial charge is 0.0542 e. The minimum atomic E-state index is 1.23. The number of benzene rings is 2. The summed E-state index contributed by atoms with van der Waals surface area (Å²) in [6.45, 7) is 6.25. The van der Waals surface area contributed by atoms with Gasteiger partial charge in [0, 0.05) is 50.1 Å². The second-order valence-electron chi connectivity index (χ2n) is 8.65. The van der Waals surface area contributed by atoms with E-state index in [-0.39, 0.29) is 0 Å². The average Bonchev–Trinajstić information content (AvgIpc) is 3.55. The van der Waals surface area contributed by atoms with Gasteiger partial charge < -0.3 is 0 Å². The highest BCUT2D eigenvalue weighted by molar-refractivity contribution is 7.38. The van der Waals surface area contributed by atoms with Crippen LogP contribution in [0.15, 0.2) is 43.0 Å². The standard InChI is InChI=1S/C28H26S4/c1-3-5-6-7-8-9-10-18-16-22-24(30-18)14-12-20-26(22)32-27-19-11-13-23-21(15-17(4-2)29-23)25(19)31-28(20)27/h4,11-16H,2-3,5-10H2,1H3. The van der Waals surface area contributed by atoms with Gasteiger partial charge in [0.1, 0.15) is 0 Å². The third-order valence-corrected chi connectivity index (χ3v) is 11.4. The van der Waals surface area contributed by atoms with Crippen molar-refractivity contribution in [3.63, 3.8) is 0 Å². The third kappa shape index (κ3) is 3.43. The van der Waals surface area contributed by atoms with E-state index < -0.39 is 0 Å². The number of thiophene rings is 4. The fourth-order valence-corrected chi connectivity index (χ4v) is 9.81. The Morgan fingerprint density at radius 3 is 1.97 bits per heavy atom. The van der Waals surface area contributed by atoms with E-state index in [0.717, 1.165) is 0 Å². The first kappa shape index (κ1) is 20.9. The van der Waals surface area contributed by atoms with Crippen LogP contribution in [0.3, 0.4) is 0 Å². The summed E-state index contributed by atoms with van der Waals surface area (Å²) in [6.07, 6.45) is 11.4. The maximum Gasteiger partial charge on any atom is 0.0542 e. The van der Waals surface area contributed by atoms with Gasteiger partial charge in [0.25, 0.3) is 0 Å². The van der Waals surface area contributed by atoms with Crippen molar-refractivity contribution >= 4 is 101 Å². The Morgan fingerprint density at radius 2 is 1.28 bits per heavy atom.